The fourth-order valence-electron chi connectivity index (χ4n) is 3.58. The van der Waals surface area contributed by atoms with E-state index in [1.54, 1.807) is 0 Å². The summed E-state index contributed by atoms with van der Waals surface area (Å²) in [6.45, 7) is -0.170. The van der Waals surface area contributed by atoms with Gasteiger partial charge in [0.05, 0.1) is 23.2 Å². The van der Waals surface area contributed by atoms with Crippen molar-refractivity contribution < 1.29 is 31.2 Å². The summed E-state index contributed by atoms with van der Waals surface area (Å²) < 4.78 is 73.1. The predicted molar refractivity (Wildman–Crippen MR) is 102 cm³/mol. The number of nitrogens with two attached hydrogens (primary N) is 1. The summed E-state index contributed by atoms with van der Waals surface area (Å²) in [6.07, 6.45) is -4.35. The van der Waals surface area contributed by atoms with E-state index in [-0.39, 0.29) is 42.0 Å². The number of halogens is 5. The molecule has 1 amide bonds. The molecule has 1 aliphatic rings. The van der Waals surface area contributed by atoms with E-state index >= 15 is 0 Å². The first kappa shape index (κ1) is 21.2. The molecule has 3 heterocycles. The van der Waals surface area contributed by atoms with Crippen molar-refractivity contribution in [1.29, 1.82) is 0 Å². The number of alkyl halides is 5. The van der Waals surface area contributed by atoms with Crippen LogP contribution < -0.4 is 5.73 Å². The number of aromatic nitrogens is 1. The quantitative estimate of drug-likeness (QED) is 0.593. The van der Waals surface area contributed by atoms with E-state index in [0.717, 1.165) is 12.3 Å². The minimum absolute atomic E-state index is 0.00957. The number of carbonyl (C=O) groups is 1. The van der Waals surface area contributed by atoms with Crippen LogP contribution >= 0.6 is 0 Å². The van der Waals surface area contributed by atoms with Gasteiger partial charge in [0, 0.05) is 43.1 Å². The van der Waals surface area contributed by atoms with Crippen LogP contribution in [0.15, 0.2) is 40.9 Å². The molecule has 0 atom stereocenters. The molecule has 1 aliphatic heterocycles. The van der Waals surface area contributed by atoms with Crippen molar-refractivity contribution in [3.63, 3.8) is 0 Å². The zero-order chi connectivity index (χ0) is 22.4. The standard InChI is InChI=1S/C21H18F5N3O2/c22-20(23)3-5-29(6-4-20)19(30)13-7-12-8-15(18-2-1-14(10-27)31-18)16(21(24,25)26)9-17(12)28-11-13/h1-2,7-9,11H,3-6,10,27H2. The minimum atomic E-state index is -4.66. The van der Waals surface area contributed by atoms with E-state index in [1.807, 2.05) is 0 Å². The summed E-state index contributed by atoms with van der Waals surface area (Å²) in [7, 11) is 0. The van der Waals surface area contributed by atoms with Gasteiger partial charge >= 0.3 is 6.18 Å². The van der Waals surface area contributed by atoms with Crippen LogP contribution in [0.25, 0.3) is 22.2 Å². The lowest BCUT2D eigenvalue weighted by Crippen LogP contribution is -2.42. The van der Waals surface area contributed by atoms with Gasteiger partial charge in [-0.15, -0.1) is 0 Å². The third-order valence-corrected chi connectivity index (χ3v) is 5.28. The Labute approximate surface area is 173 Å². The zero-order valence-corrected chi connectivity index (χ0v) is 16.2. The number of rotatable bonds is 3. The number of pyridine rings is 1. The molecule has 2 aromatic heterocycles. The van der Waals surface area contributed by atoms with E-state index in [2.05, 4.69) is 4.98 Å². The summed E-state index contributed by atoms with van der Waals surface area (Å²) in [4.78, 5) is 18.0. The van der Waals surface area contributed by atoms with Crippen molar-refractivity contribution in [3.8, 4) is 11.3 Å². The molecule has 0 spiro atoms. The van der Waals surface area contributed by atoms with Gasteiger partial charge in [-0.3, -0.25) is 9.78 Å². The summed E-state index contributed by atoms with van der Waals surface area (Å²) in [5.41, 5.74) is 4.51. The highest BCUT2D eigenvalue weighted by molar-refractivity contribution is 5.98. The summed E-state index contributed by atoms with van der Waals surface area (Å²) in [6, 6.07) is 6.45. The Hall–Kier alpha value is -3.01. The Kier molecular flexibility index (Phi) is 5.20. The molecule has 0 aliphatic carbocycles. The van der Waals surface area contributed by atoms with E-state index < -0.39 is 36.4 Å². The largest absolute Gasteiger partial charge is 0.460 e. The van der Waals surface area contributed by atoms with Crippen molar-refractivity contribution in [2.24, 2.45) is 5.73 Å². The highest BCUT2D eigenvalue weighted by Crippen LogP contribution is 2.40. The minimum Gasteiger partial charge on any atom is -0.460 e. The van der Waals surface area contributed by atoms with Crippen LogP contribution in [0.2, 0.25) is 0 Å². The number of nitrogens with zero attached hydrogens (tertiary/aromatic N) is 2. The van der Waals surface area contributed by atoms with Crippen LogP contribution in [0.1, 0.15) is 34.5 Å². The van der Waals surface area contributed by atoms with E-state index in [1.165, 1.54) is 29.2 Å². The van der Waals surface area contributed by atoms with Gasteiger partial charge in [0.2, 0.25) is 0 Å². The van der Waals surface area contributed by atoms with Gasteiger partial charge in [0.25, 0.3) is 11.8 Å². The van der Waals surface area contributed by atoms with E-state index in [9.17, 15) is 26.7 Å². The predicted octanol–water partition coefficient (Wildman–Crippen LogP) is 4.84. The molecule has 31 heavy (non-hydrogen) atoms. The molecule has 5 nitrogen and oxygen atoms in total. The summed E-state index contributed by atoms with van der Waals surface area (Å²) >= 11 is 0. The van der Waals surface area contributed by atoms with Gasteiger partial charge in [0.15, 0.2) is 0 Å². The molecule has 1 fully saturated rings. The number of piperidine rings is 1. The molecular weight excluding hydrogens is 421 g/mol. The summed E-state index contributed by atoms with van der Waals surface area (Å²) in [5, 5.41) is 0.293. The smallest absolute Gasteiger partial charge is 0.417 e. The zero-order valence-electron chi connectivity index (χ0n) is 16.2. The van der Waals surface area contributed by atoms with Crippen LogP contribution in [-0.2, 0) is 12.7 Å². The Morgan fingerprint density at radius 3 is 2.48 bits per heavy atom. The Bertz CT molecular complexity index is 1130. The number of amides is 1. The molecule has 10 heteroatoms. The van der Waals surface area contributed by atoms with Gasteiger partial charge in [-0.05, 0) is 30.3 Å². The normalized spacial score (nSPS) is 16.6. The first-order valence-corrected chi connectivity index (χ1v) is 9.55. The third-order valence-electron chi connectivity index (χ3n) is 5.28. The van der Waals surface area contributed by atoms with Crippen LogP contribution in [-0.4, -0.2) is 34.8 Å². The topological polar surface area (TPSA) is 72.4 Å². The van der Waals surface area contributed by atoms with E-state index in [0.29, 0.717) is 11.1 Å². The number of fused-ring (bicyclic) bond motifs is 1. The fraction of sp³-hybridized carbons (Fsp3) is 0.333. The number of likely N-dealkylation sites (tertiary alicyclic amines) is 1. The number of hydrogen-bond donors (Lipinski definition) is 1. The molecule has 4 rings (SSSR count). The molecule has 2 N–H and O–H groups in total. The number of carbonyl (C=O) groups excluding carboxylic acids is 1. The lowest BCUT2D eigenvalue weighted by atomic mass is 10.00. The van der Waals surface area contributed by atoms with Gasteiger partial charge in [-0.25, -0.2) is 8.78 Å². The maximum atomic E-state index is 13.6. The Balaban J connectivity index is 1.74. The number of hydrogen-bond acceptors (Lipinski definition) is 4. The Morgan fingerprint density at radius 1 is 1.16 bits per heavy atom. The van der Waals surface area contributed by atoms with Crippen molar-refractivity contribution in [2.45, 2.75) is 31.5 Å². The maximum Gasteiger partial charge on any atom is 0.417 e. The fourth-order valence-corrected chi connectivity index (χ4v) is 3.58. The van der Waals surface area contributed by atoms with Gasteiger partial charge in [0.1, 0.15) is 11.5 Å². The highest BCUT2D eigenvalue weighted by atomic mass is 19.4. The van der Waals surface area contributed by atoms with Gasteiger partial charge in [-0.1, -0.05) is 0 Å². The van der Waals surface area contributed by atoms with Crippen LogP contribution in [0.4, 0.5) is 22.0 Å². The number of benzene rings is 1. The second-order valence-corrected chi connectivity index (χ2v) is 7.43. The van der Waals surface area contributed by atoms with Gasteiger partial charge in [-0.2, -0.15) is 13.2 Å². The monoisotopic (exact) mass is 439 g/mol. The van der Waals surface area contributed by atoms with Crippen molar-refractivity contribution in [2.75, 3.05) is 13.1 Å². The molecular formula is C21H18F5N3O2. The average Bonchev–Trinajstić information content (AvgIpc) is 3.20. The SMILES string of the molecule is NCc1ccc(-c2cc3cc(C(=O)N4CCC(F)(F)CC4)cnc3cc2C(F)(F)F)o1. The third kappa shape index (κ3) is 4.25. The second-order valence-electron chi connectivity index (χ2n) is 7.43. The molecule has 0 unspecified atom stereocenters. The molecule has 0 radical (unpaired) electrons. The van der Waals surface area contributed by atoms with Crippen molar-refractivity contribution in [3.05, 3.63) is 53.4 Å². The van der Waals surface area contributed by atoms with Gasteiger partial charge < -0.3 is 15.1 Å². The maximum absolute atomic E-state index is 13.6. The van der Waals surface area contributed by atoms with E-state index in [4.69, 9.17) is 10.2 Å². The van der Waals surface area contributed by atoms with Crippen LogP contribution in [0, 0.1) is 0 Å². The number of furan rings is 1. The molecule has 1 aromatic carbocycles. The molecule has 1 saturated heterocycles. The first-order valence-electron chi connectivity index (χ1n) is 9.55. The van der Waals surface area contributed by atoms with Crippen molar-refractivity contribution in [1.82, 2.24) is 9.88 Å². The second kappa shape index (κ2) is 7.60. The molecule has 3 aromatic rings. The summed E-state index contributed by atoms with van der Waals surface area (Å²) in [5.74, 6) is -2.97. The Morgan fingerprint density at radius 2 is 1.87 bits per heavy atom. The molecule has 0 bridgehead atoms. The highest BCUT2D eigenvalue weighted by Gasteiger charge is 2.37. The van der Waals surface area contributed by atoms with Crippen LogP contribution in [0.5, 0.6) is 0 Å². The average molecular weight is 439 g/mol. The molecule has 0 saturated carbocycles. The van der Waals surface area contributed by atoms with Crippen molar-refractivity contribution >= 4 is 16.8 Å². The first-order chi connectivity index (χ1) is 14.6. The molecule has 164 valence electrons. The lowest BCUT2D eigenvalue weighted by molar-refractivity contribution is -0.137. The van der Waals surface area contributed by atoms with Crippen LogP contribution in [0.3, 0.4) is 0 Å². The lowest BCUT2D eigenvalue weighted by Gasteiger charge is -2.31.